The molecule has 0 unspecified atom stereocenters. The van der Waals surface area contributed by atoms with Crippen LogP contribution in [0, 0.1) is 6.92 Å². The molecular weight excluding hydrogens is 362 g/mol. The SMILES string of the molecule is CCOc1ccccc1Nc1cc(C)nc(N2CCN(c3ccccc3)CC2)n1. The molecule has 0 atom stereocenters. The van der Waals surface area contributed by atoms with Gasteiger partial charge in [0.05, 0.1) is 12.3 Å². The maximum atomic E-state index is 5.72. The van der Waals surface area contributed by atoms with E-state index in [-0.39, 0.29) is 0 Å². The van der Waals surface area contributed by atoms with Gasteiger partial charge in [-0.25, -0.2) is 4.98 Å². The van der Waals surface area contributed by atoms with Crippen LogP contribution in [0.4, 0.5) is 23.1 Å². The highest BCUT2D eigenvalue weighted by Gasteiger charge is 2.20. The molecule has 1 fully saturated rings. The molecule has 0 aliphatic carbocycles. The summed E-state index contributed by atoms with van der Waals surface area (Å²) in [7, 11) is 0. The molecule has 0 saturated carbocycles. The largest absolute Gasteiger partial charge is 0.492 e. The molecule has 0 amide bonds. The Bertz CT molecular complexity index is 939. The van der Waals surface area contributed by atoms with Gasteiger partial charge in [0, 0.05) is 43.6 Å². The first-order valence-corrected chi connectivity index (χ1v) is 10.1. The first-order valence-electron chi connectivity index (χ1n) is 10.1. The standard InChI is InChI=1S/C23H27N5O/c1-3-29-21-12-8-7-11-20(21)25-22-17-18(2)24-23(26-22)28-15-13-27(14-16-28)19-9-5-4-6-10-19/h4-12,17H,3,13-16H2,1-2H3,(H,24,25,26). The van der Waals surface area contributed by atoms with Gasteiger partial charge in [0.15, 0.2) is 0 Å². The Labute approximate surface area is 172 Å². The minimum Gasteiger partial charge on any atom is -0.492 e. The van der Waals surface area contributed by atoms with Crippen LogP contribution in [0.2, 0.25) is 0 Å². The Balaban J connectivity index is 1.48. The molecule has 0 radical (unpaired) electrons. The van der Waals surface area contributed by atoms with Gasteiger partial charge < -0.3 is 19.9 Å². The van der Waals surface area contributed by atoms with Crippen molar-refractivity contribution in [3.05, 3.63) is 66.4 Å². The molecule has 29 heavy (non-hydrogen) atoms. The van der Waals surface area contributed by atoms with Crippen LogP contribution < -0.4 is 19.9 Å². The molecule has 1 saturated heterocycles. The molecule has 2 heterocycles. The van der Waals surface area contributed by atoms with E-state index < -0.39 is 0 Å². The normalized spacial score (nSPS) is 14.0. The second-order valence-electron chi connectivity index (χ2n) is 7.06. The second kappa shape index (κ2) is 8.82. The van der Waals surface area contributed by atoms with Gasteiger partial charge in [-0.3, -0.25) is 0 Å². The van der Waals surface area contributed by atoms with Crippen LogP contribution in [0.15, 0.2) is 60.7 Å². The molecule has 4 rings (SSSR count). The molecule has 2 aromatic carbocycles. The third kappa shape index (κ3) is 4.59. The highest BCUT2D eigenvalue weighted by Crippen LogP contribution is 2.28. The zero-order valence-corrected chi connectivity index (χ0v) is 17.0. The van der Waals surface area contributed by atoms with Crippen LogP contribution in [-0.4, -0.2) is 42.8 Å². The van der Waals surface area contributed by atoms with Crippen molar-refractivity contribution in [1.29, 1.82) is 0 Å². The quantitative estimate of drug-likeness (QED) is 0.680. The summed E-state index contributed by atoms with van der Waals surface area (Å²) in [4.78, 5) is 14.1. The number of nitrogens with zero attached hydrogens (tertiary/aromatic N) is 4. The summed E-state index contributed by atoms with van der Waals surface area (Å²) in [6.07, 6.45) is 0. The van der Waals surface area contributed by atoms with Crippen molar-refractivity contribution >= 4 is 23.1 Å². The average Bonchev–Trinajstić information content (AvgIpc) is 2.76. The number of para-hydroxylation sites is 3. The summed E-state index contributed by atoms with van der Waals surface area (Å²) >= 11 is 0. The van der Waals surface area contributed by atoms with E-state index in [0.717, 1.165) is 55.1 Å². The number of hydrogen-bond donors (Lipinski definition) is 1. The number of rotatable bonds is 6. The topological polar surface area (TPSA) is 53.5 Å². The Kier molecular flexibility index (Phi) is 5.79. The zero-order valence-electron chi connectivity index (χ0n) is 17.0. The Morgan fingerprint density at radius 3 is 2.34 bits per heavy atom. The number of hydrogen-bond acceptors (Lipinski definition) is 6. The Hall–Kier alpha value is -3.28. The third-order valence-electron chi connectivity index (χ3n) is 4.98. The van der Waals surface area contributed by atoms with E-state index in [1.807, 2.05) is 44.2 Å². The van der Waals surface area contributed by atoms with E-state index >= 15 is 0 Å². The molecule has 1 aliphatic heterocycles. The number of aryl methyl sites for hydroxylation is 1. The fourth-order valence-corrected chi connectivity index (χ4v) is 3.55. The van der Waals surface area contributed by atoms with E-state index in [1.165, 1.54) is 5.69 Å². The second-order valence-corrected chi connectivity index (χ2v) is 7.06. The van der Waals surface area contributed by atoms with Gasteiger partial charge in [-0.05, 0) is 38.1 Å². The van der Waals surface area contributed by atoms with E-state index in [9.17, 15) is 0 Å². The Morgan fingerprint density at radius 2 is 1.59 bits per heavy atom. The molecule has 150 valence electrons. The van der Waals surface area contributed by atoms with Gasteiger partial charge >= 0.3 is 0 Å². The maximum Gasteiger partial charge on any atom is 0.227 e. The van der Waals surface area contributed by atoms with Gasteiger partial charge in [0.25, 0.3) is 0 Å². The van der Waals surface area contributed by atoms with Crippen LogP contribution in [0.25, 0.3) is 0 Å². The summed E-state index contributed by atoms with van der Waals surface area (Å²) in [6.45, 7) is 8.32. The minimum absolute atomic E-state index is 0.623. The van der Waals surface area contributed by atoms with Gasteiger partial charge in [-0.1, -0.05) is 30.3 Å². The van der Waals surface area contributed by atoms with Crippen LogP contribution in [0.1, 0.15) is 12.6 Å². The smallest absolute Gasteiger partial charge is 0.227 e. The lowest BCUT2D eigenvalue weighted by Crippen LogP contribution is -2.47. The predicted octanol–water partition coefficient (Wildman–Crippen LogP) is 4.25. The lowest BCUT2D eigenvalue weighted by Gasteiger charge is -2.36. The van der Waals surface area contributed by atoms with Gasteiger partial charge in [-0.15, -0.1) is 0 Å². The van der Waals surface area contributed by atoms with E-state index in [0.29, 0.717) is 6.61 Å². The number of anilines is 4. The van der Waals surface area contributed by atoms with Crippen molar-refractivity contribution in [2.45, 2.75) is 13.8 Å². The van der Waals surface area contributed by atoms with E-state index in [4.69, 9.17) is 9.72 Å². The minimum atomic E-state index is 0.623. The van der Waals surface area contributed by atoms with Crippen LogP contribution in [-0.2, 0) is 0 Å². The molecule has 1 N–H and O–H groups in total. The number of nitrogens with one attached hydrogen (secondary N) is 1. The predicted molar refractivity (Wildman–Crippen MR) is 119 cm³/mol. The van der Waals surface area contributed by atoms with Crippen LogP contribution in [0.3, 0.4) is 0 Å². The molecule has 0 bridgehead atoms. The molecule has 6 heteroatoms. The highest BCUT2D eigenvalue weighted by molar-refractivity contribution is 5.65. The molecule has 0 spiro atoms. The van der Waals surface area contributed by atoms with Crippen molar-refractivity contribution < 1.29 is 4.74 Å². The summed E-state index contributed by atoms with van der Waals surface area (Å²) in [6, 6.07) is 20.4. The molecule has 1 aromatic heterocycles. The summed E-state index contributed by atoms with van der Waals surface area (Å²) < 4.78 is 5.72. The molecule has 1 aliphatic rings. The van der Waals surface area contributed by atoms with Crippen molar-refractivity contribution in [3.63, 3.8) is 0 Å². The van der Waals surface area contributed by atoms with E-state index in [1.54, 1.807) is 0 Å². The van der Waals surface area contributed by atoms with Crippen molar-refractivity contribution in [3.8, 4) is 5.75 Å². The fourth-order valence-electron chi connectivity index (χ4n) is 3.55. The van der Waals surface area contributed by atoms with Gasteiger partial charge in [0.2, 0.25) is 5.95 Å². The third-order valence-corrected chi connectivity index (χ3v) is 4.98. The van der Waals surface area contributed by atoms with Crippen LogP contribution >= 0.6 is 0 Å². The van der Waals surface area contributed by atoms with Crippen molar-refractivity contribution in [2.24, 2.45) is 0 Å². The molecular formula is C23H27N5O. The van der Waals surface area contributed by atoms with Crippen molar-refractivity contribution in [2.75, 3.05) is 47.9 Å². The molecule has 6 nitrogen and oxygen atoms in total. The number of benzene rings is 2. The first-order chi connectivity index (χ1) is 14.2. The average molecular weight is 390 g/mol. The highest BCUT2D eigenvalue weighted by atomic mass is 16.5. The monoisotopic (exact) mass is 389 g/mol. The summed E-state index contributed by atoms with van der Waals surface area (Å²) in [5, 5.41) is 3.40. The van der Waals surface area contributed by atoms with Crippen molar-refractivity contribution in [1.82, 2.24) is 9.97 Å². The van der Waals surface area contributed by atoms with E-state index in [2.05, 4.69) is 50.4 Å². The summed E-state index contributed by atoms with van der Waals surface area (Å²) in [5.74, 6) is 2.38. The maximum absolute atomic E-state index is 5.72. The van der Waals surface area contributed by atoms with Gasteiger partial charge in [0.1, 0.15) is 11.6 Å². The summed E-state index contributed by atoms with van der Waals surface area (Å²) in [5.41, 5.74) is 3.12. The lowest BCUT2D eigenvalue weighted by molar-refractivity contribution is 0.342. The van der Waals surface area contributed by atoms with Gasteiger partial charge in [-0.2, -0.15) is 4.98 Å². The van der Waals surface area contributed by atoms with Crippen LogP contribution in [0.5, 0.6) is 5.75 Å². The first kappa shape index (κ1) is 19.1. The number of ether oxygens (including phenoxy) is 1. The fraction of sp³-hybridized carbons (Fsp3) is 0.304. The number of piperazine rings is 1. The Morgan fingerprint density at radius 1 is 0.897 bits per heavy atom. The molecule has 3 aromatic rings. The number of aromatic nitrogens is 2. The zero-order chi connectivity index (χ0) is 20.1. The lowest BCUT2D eigenvalue weighted by atomic mass is 10.2.